The molecule has 0 aliphatic carbocycles. The van der Waals surface area contributed by atoms with Gasteiger partial charge in [-0.2, -0.15) is 0 Å². The first kappa shape index (κ1) is 17.3. The Balaban J connectivity index is 1.98. The van der Waals surface area contributed by atoms with Crippen molar-refractivity contribution in [3.05, 3.63) is 52.8 Å². The number of ether oxygens (including phenoxy) is 2. The maximum Gasteiger partial charge on any atom is 0.261 e. The van der Waals surface area contributed by atoms with Crippen LogP contribution in [0.2, 0.25) is 0 Å². The summed E-state index contributed by atoms with van der Waals surface area (Å²) in [4.78, 5) is 17.3. The van der Waals surface area contributed by atoms with E-state index in [9.17, 15) is 4.79 Å². The predicted octanol–water partition coefficient (Wildman–Crippen LogP) is 3.62. The summed E-state index contributed by atoms with van der Waals surface area (Å²) in [6.45, 7) is 0.581. The monoisotopic (exact) mass is 358 g/mol. The molecule has 0 bridgehead atoms. The molecule has 1 aromatic heterocycles. The summed E-state index contributed by atoms with van der Waals surface area (Å²) in [5.74, 6) is 2.59. The summed E-state index contributed by atoms with van der Waals surface area (Å²) in [7, 11) is 3.29. The molecule has 3 rings (SSSR count). The third kappa shape index (κ3) is 3.61. The van der Waals surface area contributed by atoms with Gasteiger partial charge < -0.3 is 9.47 Å². The van der Waals surface area contributed by atoms with Crippen molar-refractivity contribution in [2.75, 3.05) is 19.6 Å². The van der Waals surface area contributed by atoms with Gasteiger partial charge in [0.2, 0.25) is 0 Å². The fourth-order valence-electron chi connectivity index (χ4n) is 2.58. The van der Waals surface area contributed by atoms with Crippen LogP contribution >= 0.6 is 11.6 Å². The quantitative estimate of drug-likeness (QED) is 0.499. The van der Waals surface area contributed by atoms with Gasteiger partial charge in [0.15, 0.2) is 0 Å². The van der Waals surface area contributed by atoms with Crippen molar-refractivity contribution in [1.29, 1.82) is 0 Å². The molecular formula is C19H19ClN2O3. The van der Waals surface area contributed by atoms with Gasteiger partial charge in [-0.05, 0) is 48.9 Å². The van der Waals surface area contributed by atoms with E-state index < -0.39 is 0 Å². The smallest absolute Gasteiger partial charge is 0.261 e. The topological polar surface area (TPSA) is 53.4 Å². The van der Waals surface area contributed by atoms with E-state index in [2.05, 4.69) is 4.98 Å². The number of fused-ring (bicyclic) bond motifs is 1. The van der Waals surface area contributed by atoms with Crippen LogP contribution < -0.4 is 15.0 Å². The molecular weight excluding hydrogens is 340 g/mol. The minimum Gasteiger partial charge on any atom is -0.497 e. The standard InChI is InChI=1S/C19H19ClN2O3/c1-22-18(13-4-6-14(7-5-13)25-11-3-10-20)21-17-9-8-15(24-2)12-16(17)19(22)23/h4-9,12H,3,10-11H2,1-2H3. The number of rotatable bonds is 6. The maximum absolute atomic E-state index is 12.7. The van der Waals surface area contributed by atoms with Crippen LogP contribution in [0.25, 0.3) is 22.3 Å². The van der Waals surface area contributed by atoms with E-state index in [1.165, 1.54) is 0 Å². The Morgan fingerprint density at radius 3 is 2.52 bits per heavy atom. The zero-order chi connectivity index (χ0) is 17.8. The number of halogens is 1. The number of hydrogen-bond donors (Lipinski definition) is 0. The number of aromatic nitrogens is 2. The lowest BCUT2D eigenvalue weighted by Crippen LogP contribution is -2.20. The Morgan fingerprint density at radius 2 is 1.84 bits per heavy atom. The van der Waals surface area contributed by atoms with Gasteiger partial charge in [-0.1, -0.05) is 0 Å². The number of nitrogens with zero attached hydrogens (tertiary/aromatic N) is 2. The zero-order valence-corrected chi connectivity index (χ0v) is 14.9. The molecule has 0 spiro atoms. The summed E-state index contributed by atoms with van der Waals surface area (Å²) in [6, 6.07) is 12.8. The molecule has 6 heteroatoms. The SMILES string of the molecule is COc1ccc2nc(-c3ccc(OCCCCl)cc3)n(C)c(=O)c2c1. The van der Waals surface area contributed by atoms with Gasteiger partial charge in [-0.3, -0.25) is 9.36 Å². The Labute approximate surface area is 150 Å². The lowest BCUT2D eigenvalue weighted by Gasteiger charge is -2.11. The van der Waals surface area contributed by atoms with Gasteiger partial charge in [0, 0.05) is 18.5 Å². The van der Waals surface area contributed by atoms with Crippen LogP contribution in [0.5, 0.6) is 11.5 Å². The molecule has 0 atom stereocenters. The summed E-state index contributed by atoms with van der Waals surface area (Å²) in [5.41, 5.74) is 1.38. The van der Waals surface area contributed by atoms with Gasteiger partial charge in [0.1, 0.15) is 17.3 Å². The minimum absolute atomic E-state index is 0.110. The molecule has 0 unspecified atom stereocenters. The van der Waals surface area contributed by atoms with E-state index in [0.29, 0.717) is 35.0 Å². The lowest BCUT2D eigenvalue weighted by molar-refractivity contribution is 0.318. The largest absolute Gasteiger partial charge is 0.497 e. The first-order chi connectivity index (χ1) is 12.1. The van der Waals surface area contributed by atoms with E-state index in [4.69, 9.17) is 21.1 Å². The normalized spacial score (nSPS) is 10.8. The van der Waals surface area contributed by atoms with E-state index in [0.717, 1.165) is 17.7 Å². The van der Waals surface area contributed by atoms with E-state index in [-0.39, 0.29) is 5.56 Å². The molecule has 0 aliphatic heterocycles. The van der Waals surface area contributed by atoms with Crippen LogP contribution in [0.4, 0.5) is 0 Å². The van der Waals surface area contributed by atoms with Crippen molar-refractivity contribution in [3.8, 4) is 22.9 Å². The van der Waals surface area contributed by atoms with E-state index >= 15 is 0 Å². The zero-order valence-electron chi connectivity index (χ0n) is 14.2. The highest BCUT2D eigenvalue weighted by Crippen LogP contribution is 2.23. The molecule has 5 nitrogen and oxygen atoms in total. The van der Waals surface area contributed by atoms with Crippen LogP contribution in [-0.2, 0) is 7.05 Å². The van der Waals surface area contributed by atoms with Crippen LogP contribution in [0, 0.1) is 0 Å². The van der Waals surface area contributed by atoms with Gasteiger partial charge in [0.25, 0.3) is 5.56 Å². The second-order valence-corrected chi connectivity index (χ2v) is 5.98. The minimum atomic E-state index is -0.110. The van der Waals surface area contributed by atoms with E-state index in [1.54, 1.807) is 36.9 Å². The Bertz CT molecular complexity index is 936. The molecule has 0 saturated heterocycles. The second kappa shape index (κ2) is 7.57. The fourth-order valence-corrected chi connectivity index (χ4v) is 2.69. The summed E-state index contributed by atoms with van der Waals surface area (Å²) in [6.07, 6.45) is 0.799. The predicted molar refractivity (Wildman–Crippen MR) is 99.8 cm³/mol. The first-order valence-electron chi connectivity index (χ1n) is 7.98. The van der Waals surface area contributed by atoms with Crippen LogP contribution in [-0.4, -0.2) is 29.1 Å². The fraction of sp³-hybridized carbons (Fsp3) is 0.263. The lowest BCUT2D eigenvalue weighted by atomic mass is 10.1. The molecule has 25 heavy (non-hydrogen) atoms. The van der Waals surface area contributed by atoms with E-state index in [1.807, 2.05) is 24.3 Å². The molecule has 0 N–H and O–H groups in total. The van der Waals surface area contributed by atoms with Crippen molar-refractivity contribution >= 4 is 22.5 Å². The summed E-state index contributed by atoms with van der Waals surface area (Å²) >= 11 is 5.64. The Hall–Kier alpha value is -2.53. The second-order valence-electron chi connectivity index (χ2n) is 5.60. The highest BCUT2D eigenvalue weighted by molar-refractivity contribution is 6.17. The average Bonchev–Trinajstić information content (AvgIpc) is 2.65. The first-order valence-corrected chi connectivity index (χ1v) is 8.51. The Kier molecular flexibility index (Phi) is 5.24. The molecule has 0 radical (unpaired) electrons. The van der Waals surface area contributed by atoms with Crippen LogP contribution in [0.3, 0.4) is 0 Å². The van der Waals surface area contributed by atoms with Crippen molar-refractivity contribution < 1.29 is 9.47 Å². The van der Waals surface area contributed by atoms with Crippen molar-refractivity contribution in [3.63, 3.8) is 0 Å². The average molecular weight is 359 g/mol. The number of methoxy groups -OCH3 is 1. The molecule has 0 saturated carbocycles. The van der Waals surface area contributed by atoms with Crippen LogP contribution in [0.1, 0.15) is 6.42 Å². The number of hydrogen-bond acceptors (Lipinski definition) is 4. The van der Waals surface area contributed by atoms with Crippen molar-refractivity contribution in [2.24, 2.45) is 7.05 Å². The summed E-state index contributed by atoms with van der Waals surface area (Å²) in [5, 5.41) is 0.534. The Morgan fingerprint density at radius 1 is 1.12 bits per heavy atom. The molecule has 3 aromatic rings. The highest BCUT2D eigenvalue weighted by Gasteiger charge is 2.11. The maximum atomic E-state index is 12.7. The van der Waals surface area contributed by atoms with Crippen LogP contribution in [0.15, 0.2) is 47.3 Å². The molecule has 0 fully saturated rings. The summed E-state index contributed by atoms with van der Waals surface area (Å²) < 4.78 is 12.3. The molecule has 2 aromatic carbocycles. The molecule has 0 aliphatic rings. The van der Waals surface area contributed by atoms with Crippen molar-refractivity contribution in [2.45, 2.75) is 6.42 Å². The van der Waals surface area contributed by atoms with Gasteiger partial charge in [-0.15, -0.1) is 11.6 Å². The van der Waals surface area contributed by atoms with Gasteiger partial charge in [-0.25, -0.2) is 4.98 Å². The highest BCUT2D eigenvalue weighted by atomic mass is 35.5. The third-order valence-electron chi connectivity index (χ3n) is 3.94. The van der Waals surface area contributed by atoms with Gasteiger partial charge in [0.05, 0.1) is 24.6 Å². The van der Waals surface area contributed by atoms with Crippen molar-refractivity contribution in [1.82, 2.24) is 9.55 Å². The van der Waals surface area contributed by atoms with Gasteiger partial charge >= 0.3 is 0 Å². The molecule has 0 amide bonds. The number of benzene rings is 2. The third-order valence-corrected chi connectivity index (χ3v) is 4.21. The number of alkyl halides is 1. The molecule has 130 valence electrons. The molecule has 1 heterocycles.